The molecule has 4 heteroatoms. The summed E-state index contributed by atoms with van der Waals surface area (Å²) in [6.45, 7) is 0. The highest BCUT2D eigenvalue weighted by Crippen LogP contribution is 2.24. The van der Waals surface area contributed by atoms with Gasteiger partial charge in [-0.3, -0.25) is 4.98 Å². The number of benzene rings is 1. The zero-order chi connectivity index (χ0) is 15.8. The Morgan fingerprint density at radius 3 is 2.45 bits per heavy atom. The molecule has 0 aliphatic rings. The maximum absolute atomic E-state index is 11.2. The molecular formula is C18H17NO3. The Hall–Kier alpha value is -2.88. The second kappa shape index (κ2) is 7.78. The Bertz CT molecular complexity index is 673. The molecule has 2 aromatic rings. The molecule has 4 nitrogen and oxygen atoms in total. The van der Waals surface area contributed by atoms with E-state index >= 15 is 0 Å². The summed E-state index contributed by atoms with van der Waals surface area (Å²) in [5.74, 6) is 0.399. The minimum Gasteiger partial charge on any atom is -0.497 e. The third-order valence-electron chi connectivity index (χ3n) is 3.07. The Morgan fingerprint density at radius 1 is 1.09 bits per heavy atom. The van der Waals surface area contributed by atoms with Crippen LogP contribution in [-0.2, 0) is 9.53 Å². The van der Waals surface area contributed by atoms with Crippen LogP contribution in [0, 0.1) is 0 Å². The van der Waals surface area contributed by atoms with E-state index in [-0.39, 0.29) is 0 Å². The molecule has 112 valence electrons. The second-order valence-corrected chi connectivity index (χ2v) is 4.43. The molecule has 0 saturated carbocycles. The van der Waals surface area contributed by atoms with Crippen molar-refractivity contribution in [2.24, 2.45) is 0 Å². The van der Waals surface area contributed by atoms with E-state index < -0.39 is 5.97 Å². The SMILES string of the molecule is COC(=O)/C=C/C=C(\c1ccc(OC)cc1)c1cccnc1. The van der Waals surface area contributed by atoms with E-state index in [4.69, 9.17) is 4.74 Å². The van der Waals surface area contributed by atoms with Crippen LogP contribution in [0.25, 0.3) is 5.57 Å². The number of allylic oxidation sites excluding steroid dienone is 2. The summed E-state index contributed by atoms with van der Waals surface area (Å²) in [4.78, 5) is 15.3. The van der Waals surface area contributed by atoms with Crippen LogP contribution >= 0.6 is 0 Å². The number of pyridine rings is 1. The molecule has 0 spiro atoms. The minimum atomic E-state index is -0.392. The fraction of sp³-hybridized carbons (Fsp3) is 0.111. The highest BCUT2D eigenvalue weighted by molar-refractivity contribution is 5.84. The molecule has 1 aromatic carbocycles. The van der Waals surface area contributed by atoms with Gasteiger partial charge in [0.05, 0.1) is 14.2 Å². The maximum atomic E-state index is 11.2. The average molecular weight is 295 g/mol. The molecule has 0 radical (unpaired) electrons. The summed E-state index contributed by atoms with van der Waals surface area (Å²) in [6, 6.07) is 11.5. The first-order chi connectivity index (χ1) is 10.7. The molecule has 0 aliphatic carbocycles. The van der Waals surface area contributed by atoms with Crippen LogP contribution in [-0.4, -0.2) is 25.2 Å². The van der Waals surface area contributed by atoms with E-state index in [1.165, 1.54) is 13.2 Å². The second-order valence-electron chi connectivity index (χ2n) is 4.43. The van der Waals surface area contributed by atoms with Gasteiger partial charge in [0, 0.05) is 24.0 Å². The van der Waals surface area contributed by atoms with Crippen LogP contribution < -0.4 is 4.74 Å². The lowest BCUT2D eigenvalue weighted by atomic mass is 9.99. The van der Waals surface area contributed by atoms with Gasteiger partial charge in [-0.1, -0.05) is 30.4 Å². The van der Waals surface area contributed by atoms with E-state index in [2.05, 4.69) is 9.72 Å². The molecule has 0 aliphatic heterocycles. The van der Waals surface area contributed by atoms with Crippen LogP contribution in [0.3, 0.4) is 0 Å². The van der Waals surface area contributed by atoms with Crippen molar-refractivity contribution in [2.45, 2.75) is 0 Å². The highest BCUT2D eigenvalue weighted by atomic mass is 16.5. The largest absolute Gasteiger partial charge is 0.497 e. The van der Waals surface area contributed by atoms with Gasteiger partial charge in [-0.05, 0) is 29.3 Å². The summed E-state index contributed by atoms with van der Waals surface area (Å²) in [7, 11) is 2.98. The number of carbonyl (C=O) groups excluding carboxylic acids is 1. The standard InChI is InChI=1S/C18H17NO3/c1-21-16-10-8-14(9-11-16)17(6-3-7-18(20)22-2)15-5-4-12-19-13-15/h3-13H,1-2H3/b7-3+,17-6+. The zero-order valence-corrected chi connectivity index (χ0v) is 12.5. The Labute approximate surface area is 129 Å². The van der Waals surface area contributed by atoms with Crippen molar-refractivity contribution >= 4 is 11.5 Å². The molecule has 0 bridgehead atoms. The Morgan fingerprint density at radius 2 is 1.86 bits per heavy atom. The predicted molar refractivity (Wildman–Crippen MR) is 85.5 cm³/mol. The van der Waals surface area contributed by atoms with Gasteiger partial charge in [-0.2, -0.15) is 0 Å². The van der Waals surface area contributed by atoms with Crippen molar-refractivity contribution in [1.82, 2.24) is 4.98 Å². The first-order valence-corrected chi connectivity index (χ1v) is 6.75. The highest BCUT2D eigenvalue weighted by Gasteiger charge is 2.05. The third-order valence-corrected chi connectivity index (χ3v) is 3.07. The Balaban J connectivity index is 2.38. The monoisotopic (exact) mass is 295 g/mol. The number of carbonyl (C=O) groups is 1. The molecule has 0 amide bonds. The van der Waals surface area contributed by atoms with Crippen molar-refractivity contribution in [1.29, 1.82) is 0 Å². The van der Waals surface area contributed by atoms with Gasteiger partial charge in [0.2, 0.25) is 0 Å². The van der Waals surface area contributed by atoms with Crippen LogP contribution in [0.2, 0.25) is 0 Å². The number of ether oxygens (including phenoxy) is 2. The summed E-state index contributed by atoms with van der Waals surface area (Å²) in [5.41, 5.74) is 2.92. The molecule has 0 unspecified atom stereocenters. The number of rotatable bonds is 5. The molecule has 0 atom stereocenters. The van der Waals surface area contributed by atoms with E-state index in [1.807, 2.05) is 42.5 Å². The first-order valence-electron chi connectivity index (χ1n) is 6.75. The molecule has 0 fully saturated rings. The summed E-state index contributed by atoms with van der Waals surface area (Å²) < 4.78 is 9.76. The summed E-state index contributed by atoms with van der Waals surface area (Å²) in [5, 5.41) is 0. The van der Waals surface area contributed by atoms with Gasteiger partial charge in [0.25, 0.3) is 0 Å². The number of methoxy groups -OCH3 is 2. The smallest absolute Gasteiger partial charge is 0.330 e. The maximum Gasteiger partial charge on any atom is 0.330 e. The van der Waals surface area contributed by atoms with Gasteiger partial charge in [-0.25, -0.2) is 4.79 Å². The minimum absolute atomic E-state index is 0.392. The number of hydrogen-bond donors (Lipinski definition) is 0. The van der Waals surface area contributed by atoms with Gasteiger partial charge in [0.15, 0.2) is 0 Å². The van der Waals surface area contributed by atoms with E-state index in [0.29, 0.717) is 0 Å². The van der Waals surface area contributed by atoms with Crippen molar-refractivity contribution in [3.8, 4) is 5.75 Å². The van der Waals surface area contributed by atoms with Crippen LogP contribution in [0.4, 0.5) is 0 Å². The Kier molecular flexibility index (Phi) is 5.49. The lowest BCUT2D eigenvalue weighted by Crippen LogP contribution is -1.93. The van der Waals surface area contributed by atoms with Crippen LogP contribution in [0.5, 0.6) is 5.75 Å². The fourth-order valence-corrected chi connectivity index (χ4v) is 1.94. The molecule has 1 heterocycles. The number of nitrogens with zero attached hydrogens (tertiary/aromatic N) is 1. The van der Waals surface area contributed by atoms with Crippen molar-refractivity contribution in [3.05, 3.63) is 78.1 Å². The number of aromatic nitrogens is 1. The first kappa shape index (κ1) is 15.5. The molecule has 22 heavy (non-hydrogen) atoms. The van der Waals surface area contributed by atoms with Gasteiger partial charge in [-0.15, -0.1) is 0 Å². The summed E-state index contributed by atoms with van der Waals surface area (Å²) >= 11 is 0. The third kappa shape index (κ3) is 4.06. The van der Waals surface area contributed by atoms with E-state index in [1.54, 1.807) is 25.6 Å². The average Bonchev–Trinajstić information content (AvgIpc) is 2.59. The number of esters is 1. The van der Waals surface area contributed by atoms with Gasteiger partial charge < -0.3 is 9.47 Å². The predicted octanol–water partition coefficient (Wildman–Crippen LogP) is 3.25. The van der Waals surface area contributed by atoms with Gasteiger partial charge >= 0.3 is 5.97 Å². The summed E-state index contributed by atoms with van der Waals surface area (Å²) in [6.07, 6.45) is 8.40. The van der Waals surface area contributed by atoms with Crippen molar-refractivity contribution < 1.29 is 14.3 Å². The topological polar surface area (TPSA) is 48.4 Å². The number of hydrogen-bond acceptors (Lipinski definition) is 4. The van der Waals surface area contributed by atoms with E-state index in [0.717, 1.165) is 22.4 Å². The molecule has 2 rings (SSSR count). The zero-order valence-electron chi connectivity index (χ0n) is 12.5. The van der Waals surface area contributed by atoms with Crippen molar-refractivity contribution in [2.75, 3.05) is 14.2 Å². The quantitative estimate of drug-likeness (QED) is 0.482. The van der Waals surface area contributed by atoms with Crippen LogP contribution in [0.15, 0.2) is 67.0 Å². The molecule has 0 N–H and O–H groups in total. The molecule has 1 aromatic heterocycles. The normalized spacial score (nSPS) is 11.5. The lowest BCUT2D eigenvalue weighted by Gasteiger charge is -2.08. The molecular weight excluding hydrogens is 278 g/mol. The molecule has 0 saturated heterocycles. The fourth-order valence-electron chi connectivity index (χ4n) is 1.94. The van der Waals surface area contributed by atoms with Crippen molar-refractivity contribution in [3.63, 3.8) is 0 Å². The lowest BCUT2D eigenvalue weighted by molar-refractivity contribution is -0.134. The van der Waals surface area contributed by atoms with Crippen LogP contribution in [0.1, 0.15) is 11.1 Å². The van der Waals surface area contributed by atoms with E-state index in [9.17, 15) is 4.79 Å². The van der Waals surface area contributed by atoms with Gasteiger partial charge in [0.1, 0.15) is 5.75 Å².